The van der Waals surface area contributed by atoms with Gasteiger partial charge < -0.3 is 34.9 Å². The quantitative estimate of drug-likeness (QED) is 0.167. The van der Waals surface area contributed by atoms with Gasteiger partial charge in [-0.05, 0) is 78.2 Å². The summed E-state index contributed by atoms with van der Waals surface area (Å²) in [6.45, 7) is 9.35. The summed E-state index contributed by atoms with van der Waals surface area (Å²) >= 11 is 0. The number of allylic oxidation sites excluding steroid dienone is 1. The highest BCUT2D eigenvalue weighted by atomic mass is 16.5. The van der Waals surface area contributed by atoms with Crippen LogP contribution in [-0.2, 0) is 19.1 Å². The molecular formula is C43H55N7O6. The average molecular weight is 766 g/mol. The summed E-state index contributed by atoms with van der Waals surface area (Å²) in [7, 11) is 2.61. The number of hydrogen-bond acceptors (Lipinski definition) is 8. The minimum atomic E-state index is -0.661. The molecule has 3 aliphatic heterocycles. The number of hydrogen-bond donors (Lipinski definition) is 3. The first kappa shape index (κ1) is 40.2. The van der Waals surface area contributed by atoms with Gasteiger partial charge in [0.25, 0.3) is 0 Å². The van der Waals surface area contributed by atoms with E-state index in [1.807, 2.05) is 49.9 Å². The molecule has 13 heteroatoms. The number of aromatic nitrogens is 2. The number of nitrogens with zero attached hydrogens (tertiary/aromatic N) is 4. The van der Waals surface area contributed by atoms with Crippen molar-refractivity contribution in [2.45, 2.75) is 96.8 Å². The molecule has 2 saturated heterocycles. The smallest absolute Gasteiger partial charge is 0.407 e. The molecule has 2 fully saturated rings. The number of aliphatic imine (C=N–C) groups is 1. The zero-order valence-corrected chi connectivity index (χ0v) is 33.3. The van der Waals surface area contributed by atoms with Gasteiger partial charge >= 0.3 is 12.2 Å². The Morgan fingerprint density at radius 2 is 1.21 bits per heavy atom. The number of aromatic amines is 1. The van der Waals surface area contributed by atoms with Gasteiger partial charge in [-0.2, -0.15) is 0 Å². The molecule has 1 aromatic heterocycles. The van der Waals surface area contributed by atoms with Crippen LogP contribution in [0.15, 0.2) is 65.9 Å². The van der Waals surface area contributed by atoms with Crippen LogP contribution in [0.5, 0.6) is 0 Å². The normalized spacial score (nSPS) is 19.1. The molecule has 0 radical (unpaired) electrons. The van der Waals surface area contributed by atoms with Crippen LogP contribution in [0.25, 0.3) is 28.0 Å². The van der Waals surface area contributed by atoms with Crippen molar-refractivity contribution in [1.82, 2.24) is 30.4 Å². The van der Waals surface area contributed by atoms with E-state index in [0.717, 1.165) is 70.7 Å². The van der Waals surface area contributed by atoms with Crippen LogP contribution in [0.4, 0.5) is 9.59 Å². The summed E-state index contributed by atoms with van der Waals surface area (Å²) in [5.41, 5.74) is 7.20. The van der Waals surface area contributed by atoms with E-state index in [-0.39, 0.29) is 35.7 Å². The first-order valence-electron chi connectivity index (χ1n) is 19.8. The fourth-order valence-corrected chi connectivity index (χ4v) is 8.08. The second-order valence-corrected chi connectivity index (χ2v) is 15.8. The third-order valence-electron chi connectivity index (χ3n) is 10.9. The Balaban J connectivity index is 1.07. The molecule has 13 nitrogen and oxygen atoms in total. The Hall–Kier alpha value is -5.46. The number of carbonyl (C=O) groups is 4. The van der Waals surface area contributed by atoms with Gasteiger partial charge in [0.15, 0.2) is 0 Å². The molecule has 4 heterocycles. The molecule has 0 spiro atoms. The van der Waals surface area contributed by atoms with Gasteiger partial charge in [-0.1, -0.05) is 76.2 Å². The number of likely N-dealkylation sites (tertiary alicyclic amines) is 2. The second kappa shape index (κ2) is 18.0. The van der Waals surface area contributed by atoms with Crippen LogP contribution in [0.2, 0.25) is 0 Å². The maximum Gasteiger partial charge on any atom is 0.407 e. The van der Waals surface area contributed by atoms with E-state index in [0.29, 0.717) is 32.4 Å². The lowest BCUT2D eigenvalue weighted by Gasteiger charge is -2.30. The minimum absolute atomic E-state index is 0.0832. The molecule has 0 bridgehead atoms. The molecular weight excluding hydrogens is 711 g/mol. The zero-order chi connectivity index (χ0) is 39.9. The Morgan fingerprint density at radius 1 is 0.732 bits per heavy atom. The van der Waals surface area contributed by atoms with Crippen LogP contribution in [0, 0.1) is 11.8 Å². The highest BCUT2D eigenvalue weighted by molar-refractivity contribution is 6.03. The van der Waals surface area contributed by atoms with E-state index in [1.54, 1.807) is 0 Å². The fourth-order valence-electron chi connectivity index (χ4n) is 8.08. The Morgan fingerprint density at radius 3 is 1.73 bits per heavy atom. The molecule has 2 aromatic carbocycles. The van der Waals surface area contributed by atoms with Gasteiger partial charge in [0.05, 0.1) is 38.2 Å². The van der Waals surface area contributed by atoms with Crippen molar-refractivity contribution in [3.8, 4) is 22.4 Å². The summed E-state index contributed by atoms with van der Waals surface area (Å²) in [6, 6.07) is 15.2. The molecule has 298 valence electrons. The number of rotatable bonds is 13. The maximum absolute atomic E-state index is 13.6. The first-order valence-corrected chi connectivity index (χ1v) is 19.8. The number of methoxy groups -OCH3 is 2. The molecule has 4 amide bonds. The van der Waals surface area contributed by atoms with E-state index in [2.05, 4.69) is 64.1 Å². The predicted octanol–water partition coefficient (Wildman–Crippen LogP) is 7.13. The van der Waals surface area contributed by atoms with Crippen LogP contribution < -0.4 is 10.6 Å². The second-order valence-electron chi connectivity index (χ2n) is 15.8. The number of benzene rings is 2. The van der Waals surface area contributed by atoms with Gasteiger partial charge in [0.2, 0.25) is 11.8 Å². The molecule has 56 heavy (non-hydrogen) atoms. The number of alkyl carbamates (subject to hydrolysis) is 2. The third-order valence-corrected chi connectivity index (χ3v) is 10.9. The number of nitrogens with one attached hydrogen (secondary N) is 3. The molecule has 3 N–H and O–H groups in total. The number of ether oxygens (including phenoxy) is 2. The van der Waals surface area contributed by atoms with Crippen molar-refractivity contribution in [3.05, 3.63) is 72.3 Å². The van der Waals surface area contributed by atoms with Crippen molar-refractivity contribution >= 4 is 35.3 Å². The molecule has 4 atom stereocenters. The van der Waals surface area contributed by atoms with Crippen molar-refractivity contribution in [3.63, 3.8) is 0 Å². The van der Waals surface area contributed by atoms with E-state index in [4.69, 9.17) is 19.5 Å². The first-order chi connectivity index (χ1) is 26.9. The molecule has 3 aromatic rings. The Bertz CT molecular complexity index is 1930. The summed E-state index contributed by atoms with van der Waals surface area (Å²) in [4.78, 5) is 68.0. The minimum Gasteiger partial charge on any atom is -0.453 e. The summed E-state index contributed by atoms with van der Waals surface area (Å²) < 4.78 is 9.58. The van der Waals surface area contributed by atoms with Crippen LogP contribution in [-0.4, -0.2) is 94.9 Å². The van der Waals surface area contributed by atoms with Crippen LogP contribution >= 0.6 is 0 Å². The van der Waals surface area contributed by atoms with Gasteiger partial charge in [-0.25, -0.2) is 14.6 Å². The number of carbonyl (C=O) groups excluding carboxylic acids is 4. The molecule has 3 aliphatic rings. The highest BCUT2D eigenvalue weighted by Crippen LogP contribution is 2.34. The van der Waals surface area contributed by atoms with Crippen LogP contribution in [0.1, 0.15) is 90.1 Å². The van der Waals surface area contributed by atoms with Gasteiger partial charge in [0, 0.05) is 31.4 Å². The van der Waals surface area contributed by atoms with E-state index in [1.165, 1.54) is 14.2 Å². The monoisotopic (exact) mass is 765 g/mol. The molecule has 0 aliphatic carbocycles. The lowest BCUT2D eigenvalue weighted by atomic mass is 9.96. The highest BCUT2D eigenvalue weighted by Gasteiger charge is 2.38. The number of H-pyrrole nitrogens is 1. The zero-order valence-electron chi connectivity index (χ0n) is 33.3. The Kier molecular flexibility index (Phi) is 12.9. The largest absolute Gasteiger partial charge is 0.453 e. The van der Waals surface area contributed by atoms with Gasteiger partial charge in [-0.3, -0.25) is 14.6 Å². The molecule has 0 unspecified atom stereocenters. The number of imidazole rings is 1. The summed E-state index contributed by atoms with van der Waals surface area (Å²) in [5, 5.41) is 5.47. The molecule has 6 rings (SSSR count). The topological polar surface area (TPSA) is 158 Å². The maximum atomic E-state index is 13.6. The SMILES string of the molecule is COC(=O)N[C@@H](CC(C)C)C(=O)N1CCC[C@H]1C1=NC=C(c2ccc(-c3ccc(-c4cnc([C@@H]5CCCN5C(=O)[C@H](CC(C)C)NC(=O)OC)[nH]4)cc3)cc2)C1. The van der Waals surface area contributed by atoms with E-state index >= 15 is 0 Å². The predicted molar refractivity (Wildman–Crippen MR) is 215 cm³/mol. The third kappa shape index (κ3) is 9.31. The molecule has 0 saturated carbocycles. The lowest BCUT2D eigenvalue weighted by molar-refractivity contribution is -0.135. The van der Waals surface area contributed by atoms with Crippen molar-refractivity contribution in [2.24, 2.45) is 16.8 Å². The average Bonchev–Trinajstić information content (AvgIpc) is 4.03. The summed E-state index contributed by atoms with van der Waals surface area (Å²) in [6.07, 6.45) is 7.63. The van der Waals surface area contributed by atoms with E-state index in [9.17, 15) is 19.2 Å². The fraction of sp³-hybridized carbons (Fsp3) is 0.488. The number of amides is 4. The van der Waals surface area contributed by atoms with Crippen LogP contribution in [0.3, 0.4) is 0 Å². The van der Waals surface area contributed by atoms with Gasteiger partial charge in [-0.15, -0.1) is 0 Å². The lowest BCUT2D eigenvalue weighted by Crippen LogP contribution is -2.52. The van der Waals surface area contributed by atoms with Gasteiger partial charge in [0.1, 0.15) is 17.9 Å². The Labute approximate surface area is 329 Å². The van der Waals surface area contributed by atoms with Crippen molar-refractivity contribution in [2.75, 3.05) is 27.3 Å². The van der Waals surface area contributed by atoms with E-state index < -0.39 is 24.3 Å². The standard InChI is InChI=1S/C43H55N7O6/c1-26(2)21-34(47-42(53)55-5)40(51)49-19-7-9-37(49)33-23-32(24-44-33)30-13-11-28(12-14-30)29-15-17-31(18-16-29)36-25-45-39(46-36)38-10-8-20-50(38)41(52)35(22-27(3)4)48-43(54)56-6/h11-18,24-27,34-35,37-38H,7-10,19-23H2,1-6H3,(H,45,46)(H,47,53)(H,48,54)/t34-,35-,37-,38-/m0/s1. The van der Waals surface area contributed by atoms with Crippen molar-refractivity contribution in [1.29, 1.82) is 0 Å². The van der Waals surface area contributed by atoms with Crippen molar-refractivity contribution < 1.29 is 28.7 Å². The summed E-state index contributed by atoms with van der Waals surface area (Å²) in [5.74, 6) is 0.975.